The summed E-state index contributed by atoms with van der Waals surface area (Å²) in [6.45, 7) is 0. The fraction of sp³-hybridized carbons (Fsp3) is 0. The van der Waals surface area contributed by atoms with E-state index in [1.807, 2.05) is 17.5 Å². The summed E-state index contributed by atoms with van der Waals surface area (Å²) in [6, 6.07) is 5.23. The molecule has 0 amide bonds. The van der Waals surface area contributed by atoms with E-state index in [-0.39, 0.29) is 5.56 Å². The summed E-state index contributed by atoms with van der Waals surface area (Å²) < 4.78 is 5.02. The fourth-order valence-corrected chi connectivity index (χ4v) is 1.78. The molecule has 3 nitrogen and oxygen atoms in total. The molecular formula is C11H7O3S-. The third-order valence-corrected chi connectivity index (χ3v) is 2.69. The van der Waals surface area contributed by atoms with Gasteiger partial charge in [-0.3, -0.25) is 0 Å². The van der Waals surface area contributed by atoms with Gasteiger partial charge in [0.05, 0.1) is 12.2 Å². The zero-order valence-electron chi connectivity index (χ0n) is 7.67. The highest BCUT2D eigenvalue weighted by molar-refractivity contribution is 7.10. The van der Waals surface area contributed by atoms with Crippen molar-refractivity contribution >= 4 is 29.5 Å². The third-order valence-electron chi connectivity index (χ3n) is 1.86. The molecule has 2 heterocycles. The number of aromatic carboxylic acids is 1. The molecule has 0 unspecified atom stereocenters. The third kappa shape index (κ3) is 2.16. The summed E-state index contributed by atoms with van der Waals surface area (Å²) in [5.74, 6) is -0.919. The fourth-order valence-electron chi connectivity index (χ4n) is 1.16. The van der Waals surface area contributed by atoms with Gasteiger partial charge in [-0.1, -0.05) is 6.07 Å². The van der Waals surface area contributed by atoms with Gasteiger partial charge in [-0.05, 0) is 29.7 Å². The minimum atomic E-state index is -1.23. The topological polar surface area (TPSA) is 53.3 Å². The van der Waals surface area contributed by atoms with Crippen LogP contribution in [0.5, 0.6) is 0 Å². The summed E-state index contributed by atoms with van der Waals surface area (Å²) in [5.41, 5.74) is 0.0720. The van der Waals surface area contributed by atoms with Gasteiger partial charge in [-0.15, -0.1) is 11.3 Å². The average Bonchev–Trinajstić information content (AvgIpc) is 2.86. The van der Waals surface area contributed by atoms with Gasteiger partial charge in [0, 0.05) is 10.4 Å². The van der Waals surface area contributed by atoms with Gasteiger partial charge in [0.2, 0.25) is 0 Å². The second-order valence-corrected chi connectivity index (χ2v) is 3.81. The number of furan rings is 1. The predicted molar refractivity (Wildman–Crippen MR) is 56.3 cm³/mol. The summed E-state index contributed by atoms with van der Waals surface area (Å²) in [5, 5.41) is 12.6. The second kappa shape index (κ2) is 4.14. The summed E-state index contributed by atoms with van der Waals surface area (Å²) >= 11 is 1.57. The number of carboxylic acids is 1. The van der Waals surface area contributed by atoms with E-state index in [0.717, 1.165) is 4.88 Å². The summed E-state index contributed by atoms with van der Waals surface area (Å²) in [6.07, 6.45) is 4.76. The Morgan fingerprint density at radius 3 is 2.93 bits per heavy atom. The van der Waals surface area contributed by atoms with Crippen molar-refractivity contribution < 1.29 is 14.3 Å². The van der Waals surface area contributed by atoms with E-state index >= 15 is 0 Å². The number of carbonyl (C=O) groups excluding carboxylic acids is 1. The zero-order chi connectivity index (χ0) is 10.7. The molecule has 0 saturated carbocycles. The number of thiophene rings is 1. The van der Waals surface area contributed by atoms with Crippen molar-refractivity contribution in [3.05, 3.63) is 46.0 Å². The van der Waals surface area contributed by atoms with Crippen molar-refractivity contribution in [3.63, 3.8) is 0 Å². The molecule has 2 rings (SSSR count). The van der Waals surface area contributed by atoms with Crippen LogP contribution in [0.1, 0.15) is 21.0 Å². The van der Waals surface area contributed by atoms with Gasteiger partial charge in [0.25, 0.3) is 0 Å². The van der Waals surface area contributed by atoms with E-state index in [4.69, 9.17) is 4.42 Å². The number of carbonyl (C=O) groups is 1. The van der Waals surface area contributed by atoms with Gasteiger partial charge >= 0.3 is 0 Å². The quantitative estimate of drug-likeness (QED) is 0.791. The first-order valence-corrected chi connectivity index (χ1v) is 5.16. The summed E-state index contributed by atoms with van der Waals surface area (Å²) in [7, 11) is 0. The summed E-state index contributed by atoms with van der Waals surface area (Å²) in [4.78, 5) is 11.7. The van der Waals surface area contributed by atoms with Gasteiger partial charge in [-0.2, -0.15) is 0 Å². The molecule has 0 spiro atoms. The van der Waals surface area contributed by atoms with Crippen LogP contribution in [0.15, 0.2) is 34.3 Å². The van der Waals surface area contributed by atoms with Crippen LogP contribution in [0.2, 0.25) is 0 Å². The molecule has 0 fully saturated rings. The Morgan fingerprint density at radius 2 is 2.27 bits per heavy atom. The van der Waals surface area contributed by atoms with Gasteiger partial charge in [-0.25, -0.2) is 0 Å². The Hall–Kier alpha value is -1.81. The lowest BCUT2D eigenvalue weighted by molar-refractivity contribution is -0.255. The number of rotatable bonds is 3. The van der Waals surface area contributed by atoms with Crippen LogP contribution in [0, 0.1) is 0 Å². The first-order chi connectivity index (χ1) is 7.27. The Bertz CT molecular complexity index is 480. The molecule has 15 heavy (non-hydrogen) atoms. The highest BCUT2D eigenvalue weighted by Crippen LogP contribution is 2.16. The molecule has 4 heteroatoms. The molecule has 0 bridgehead atoms. The van der Waals surface area contributed by atoms with Crippen LogP contribution in [-0.4, -0.2) is 5.97 Å². The van der Waals surface area contributed by atoms with Crippen molar-refractivity contribution in [2.75, 3.05) is 0 Å². The standard InChI is InChI=1S/C11H8O3S/c12-11(13)9-5-6-14-10(9)4-3-8-2-1-7-15-8/h1-7H,(H,12,13)/p-1/b4-3+. The number of carboxylic acid groups (broad SMARTS) is 1. The molecular weight excluding hydrogens is 212 g/mol. The maximum Gasteiger partial charge on any atom is 0.135 e. The highest BCUT2D eigenvalue weighted by atomic mass is 32.1. The van der Waals surface area contributed by atoms with Crippen molar-refractivity contribution in [3.8, 4) is 0 Å². The van der Waals surface area contributed by atoms with Crippen molar-refractivity contribution in [1.82, 2.24) is 0 Å². The van der Waals surface area contributed by atoms with Crippen molar-refractivity contribution in [2.24, 2.45) is 0 Å². The lowest BCUT2D eigenvalue weighted by atomic mass is 10.2. The van der Waals surface area contributed by atoms with Crippen molar-refractivity contribution in [2.45, 2.75) is 0 Å². The Balaban J connectivity index is 2.24. The maximum atomic E-state index is 10.6. The zero-order valence-corrected chi connectivity index (χ0v) is 8.49. The molecule has 0 N–H and O–H groups in total. The molecule has 0 aromatic carbocycles. The molecule has 2 aromatic heterocycles. The molecule has 0 aliphatic heterocycles. The van der Waals surface area contributed by atoms with E-state index in [9.17, 15) is 9.90 Å². The second-order valence-electron chi connectivity index (χ2n) is 2.83. The van der Waals surface area contributed by atoms with Gasteiger partial charge in [0.1, 0.15) is 5.76 Å². The normalized spacial score (nSPS) is 10.9. The van der Waals surface area contributed by atoms with Gasteiger partial charge < -0.3 is 14.3 Å². The molecule has 2 aromatic rings. The number of hydrogen-bond donors (Lipinski definition) is 0. The minimum absolute atomic E-state index is 0.0720. The molecule has 76 valence electrons. The maximum absolute atomic E-state index is 10.6. The molecule has 0 saturated heterocycles. The van der Waals surface area contributed by atoms with Crippen LogP contribution in [-0.2, 0) is 0 Å². The predicted octanol–water partition coefficient (Wildman–Crippen LogP) is 1.87. The van der Waals surface area contributed by atoms with E-state index < -0.39 is 5.97 Å². The Kier molecular flexibility index (Phi) is 2.69. The van der Waals surface area contributed by atoms with E-state index in [1.165, 1.54) is 12.3 Å². The number of hydrogen-bond acceptors (Lipinski definition) is 4. The smallest absolute Gasteiger partial charge is 0.135 e. The van der Waals surface area contributed by atoms with Crippen LogP contribution in [0.3, 0.4) is 0 Å². The Morgan fingerprint density at radius 1 is 1.40 bits per heavy atom. The first-order valence-electron chi connectivity index (χ1n) is 4.28. The van der Waals surface area contributed by atoms with E-state index in [2.05, 4.69) is 0 Å². The van der Waals surface area contributed by atoms with Crippen LogP contribution >= 0.6 is 11.3 Å². The van der Waals surface area contributed by atoms with E-state index in [1.54, 1.807) is 23.5 Å². The lowest BCUT2D eigenvalue weighted by Crippen LogP contribution is -2.22. The molecule has 0 atom stereocenters. The highest BCUT2D eigenvalue weighted by Gasteiger charge is 2.03. The lowest BCUT2D eigenvalue weighted by Gasteiger charge is -1.97. The van der Waals surface area contributed by atoms with E-state index in [0.29, 0.717) is 5.76 Å². The Labute approximate surface area is 90.3 Å². The van der Waals surface area contributed by atoms with Crippen LogP contribution < -0.4 is 5.11 Å². The molecule has 0 aliphatic rings. The minimum Gasteiger partial charge on any atom is -0.545 e. The molecule has 0 radical (unpaired) electrons. The van der Waals surface area contributed by atoms with Crippen molar-refractivity contribution in [1.29, 1.82) is 0 Å². The first kappa shape index (κ1) is 9.73. The van der Waals surface area contributed by atoms with Crippen LogP contribution in [0.25, 0.3) is 12.2 Å². The average molecular weight is 219 g/mol. The van der Waals surface area contributed by atoms with Gasteiger partial charge in [0.15, 0.2) is 0 Å². The molecule has 0 aliphatic carbocycles. The van der Waals surface area contributed by atoms with Crippen LogP contribution in [0.4, 0.5) is 0 Å². The largest absolute Gasteiger partial charge is 0.545 e. The SMILES string of the molecule is O=C([O-])c1ccoc1/C=C/c1cccs1. The monoisotopic (exact) mass is 219 g/mol.